The highest BCUT2D eigenvalue weighted by Gasteiger charge is 2.16. The van der Waals surface area contributed by atoms with E-state index in [0.29, 0.717) is 13.2 Å². The molecule has 1 aromatic carbocycles. The van der Waals surface area contributed by atoms with Gasteiger partial charge in [-0.15, -0.1) is 0 Å². The minimum atomic E-state index is -0.284. The van der Waals surface area contributed by atoms with Crippen LogP contribution in [0.15, 0.2) is 22.7 Å². The van der Waals surface area contributed by atoms with E-state index < -0.39 is 0 Å². The number of hydrogen-bond donors (Lipinski definition) is 1. The Hall–Kier alpha value is -1.05. The predicted molar refractivity (Wildman–Crippen MR) is 76.2 cm³/mol. The number of nitrogens with zero attached hydrogens (tertiary/aromatic N) is 1. The van der Waals surface area contributed by atoms with Crippen molar-refractivity contribution in [3.63, 3.8) is 0 Å². The van der Waals surface area contributed by atoms with Gasteiger partial charge in [-0.25, -0.2) is 0 Å². The van der Waals surface area contributed by atoms with E-state index in [0.717, 1.165) is 28.6 Å². The number of ether oxygens (including phenoxy) is 1. The highest BCUT2D eigenvalue weighted by molar-refractivity contribution is 9.10. The van der Waals surface area contributed by atoms with Crippen molar-refractivity contribution in [1.29, 1.82) is 5.26 Å². The second-order valence-corrected chi connectivity index (χ2v) is 5.73. The summed E-state index contributed by atoms with van der Waals surface area (Å²) < 4.78 is 6.68. The van der Waals surface area contributed by atoms with Crippen LogP contribution in [0.1, 0.15) is 32.3 Å². The van der Waals surface area contributed by atoms with Gasteiger partial charge < -0.3 is 10.5 Å². The third kappa shape index (κ3) is 4.32. The van der Waals surface area contributed by atoms with Crippen LogP contribution in [-0.4, -0.2) is 6.61 Å². The average molecular weight is 311 g/mol. The first-order chi connectivity index (χ1) is 8.50. The summed E-state index contributed by atoms with van der Waals surface area (Å²) in [6, 6.07) is 8.13. The topological polar surface area (TPSA) is 59.0 Å². The van der Waals surface area contributed by atoms with Crippen molar-refractivity contribution in [1.82, 2.24) is 0 Å². The molecule has 0 atom stereocenters. The highest BCUT2D eigenvalue weighted by atomic mass is 79.9. The van der Waals surface area contributed by atoms with Crippen LogP contribution in [0.2, 0.25) is 0 Å². The number of nitrogens with two attached hydrogens (primary N) is 1. The molecule has 0 heterocycles. The molecular weight excluding hydrogens is 292 g/mol. The van der Waals surface area contributed by atoms with Gasteiger partial charge in [0.25, 0.3) is 0 Å². The third-order valence-electron chi connectivity index (χ3n) is 2.76. The quantitative estimate of drug-likeness (QED) is 0.816. The molecule has 2 N–H and O–H groups in total. The van der Waals surface area contributed by atoms with Crippen molar-refractivity contribution in [2.45, 2.75) is 33.2 Å². The maximum Gasteiger partial charge on any atom is 0.137 e. The smallest absolute Gasteiger partial charge is 0.137 e. The van der Waals surface area contributed by atoms with Gasteiger partial charge in [-0.05, 0) is 48.7 Å². The van der Waals surface area contributed by atoms with E-state index in [1.165, 1.54) is 0 Å². The Kier molecular flexibility index (Phi) is 5.64. The summed E-state index contributed by atoms with van der Waals surface area (Å²) in [6.45, 7) is 4.94. The first kappa shape index (κ1) is 15.0. The minimum absolute atomic E-state index is 0.284. The third-order valence-corrected chi connectivity index (χ3v) is 3.39. The van der Waals surface area contributed by atoms with Gasteiger partial charge in [0.15, 0.2) is 0 Å². The molecule has 1 rings (SSSR count). The summed E-state index contributed by atoms with van der Waals surface area (Å²) >= 11 is 3.46. The Morgan fingerprint density at radius 3 is 2.78 bits per heavy atom. The van der Waals surface area contributed by atoms with Crippen LogP contribution < -0.4 is 10.5 Å². The molecule has 0 aromatic heterocycles. The zero-order chi connectivity index (χ0) is 13.6. The first-order valence-corrected chi connectivity index (χ1v) is 6.81. The standard InChI is InChI=1S/C14H19BrN2O/c1-14(2,10-17)7-4-8-18-13-11(9-16)5-3-6-12(13)15/h3,5-6H,4,7-9,16H2,1-2H3. The van der Waals surface area contributed by atoms with E-state index in [1.54, 1.807) is 0 Å². The predicted octanol–water partition coefficient (Wildman–Crippen LogP) is 3.62. The Bertz CT molecular complexity index is 438. The zero-order valence-corrected chi connectivity index (χ0v) is 12.5. The van der Waals surface area contributed by atoms with E-state index in [2.05, 4.69) is 22.0 Å². The van der Waals surface area contributed by atoms with E-state index in [4.69, 9.17) is 15.7 Å². The number of benzene rings is 1. The summed E-state index contributed by atoms with van der Waals surface area (Å²) in [5, 5.41) is 8.92. The number of halogens is 1. The number of nitriles is 1. The molecule has 98 valence electrons. The van der Waals surface area contributed by atoms with E-state index in [-0.39, 0.29) is 5.41 Å². The maximum absolute atomic E-state index is 8.92. The fourth-order valence-electron chi connectivity index (χ4n) is 1.62. The lowest BCUT2D eigenvalue weighted by molar-refractivity contribution is 0.280. The molecule has 0 amide bonds. The van der Waals surface area contributed by atoms with Gasteiger partial charge in [-0.3, -0.25) is 0 Å². The summed E-state index contributed by atoms with van der Waals surface area (Å²) in [5.41, 5.74) is 6.38. The van der Waals surface area contributed by atoms with Crippen molar-refractivity contribution >= 4 is 15.9 Å². The SMILES string of the molecule is CC(C)(C#N)CCCOc1c(Br)cccc1CN. The van der Waals surface area contributed by atoms with Crippen molar-refractivity contribution in [2.75, 3.05) is 6.61 Å². The minimum Gasteiger partial charge on any atom is -0.492 e. The van der Waals surface area contributed by atoms with Crippen LogP contribution in [0, 0.1) is 16.7 Å². The molecule has 3 nitrogen and oxygen atoms in total. The molecule has 0 saturated carbocycles. The molecule has 0 aliphatic carbocycles. The van der Waals surface area contributed by atoms with Gasteiger partial charge in [0.05, 0.1) is 22.6 Å². The highest BCUT2D eigenvalue weighted by Crippen LogP contribution is 2.29. The Labute approximate surface area is 117 Å². The molecule has 0 saturated heterocycles. The van der Waals surface area contributed by atoms with Crippen molar-refractivity contribution in [3.8, 4) is 11.8 Å². The molecule has 0 aliphatic rings. The lowest BCUT2D eigenvalue weighted by Gasteiger charge is -2.16. The van der Waals surface area contributed by atoms with E-state index in [1.807, 2.05) is 32.0 Å². The Morgan fingerprint density at radius 2 is 2.17 bits per heavy atom. The van der Waals surface area contributed by atoms with Crippen LogP contribution in [0.4, 0.5) is 0 Å². The Morgan fingerprint density at radius 1 is 1.44 bits per heavy atom. The molecule has 1 aromatic rings. The normalized spacial score (nSPS) is 11.1. The summed E-state index contributed by atoms with van der Waals surface area (Å²) in [7, 11) is 0. The molecule has 0 fully saturated rings. The molecule has 0 aliphatic heterocycles. The van der Waals surface area contributed by atoms with Gasteiger partial charge in [0.2, 0.25) is 0 Å². The molecule has 0 radical (unpaired) electrons. The van der Waals surface area contributed by atoms with Crippen LogP contribution in [-0.2, 0) is 6.54 Å². The summed E-state index contributed by atoms with van der Waals surface area (Å²) in [6.07, 6.45) is 1.68. The van der Waals surface area contributed by atoms with Gasteiger partial charge in [0, 0.05) is 12.1 Å². The zero-order valence-electron chi connectivity index (χ0n) is 10.9. The maximum atomic E-state index is 8.92. The van der Waals surface area contributed by atoms with Crippen LogP contribution in [0.3, 0.4) is 0 Å². The Balaban J connectivity index is 2.52. The molecule has 0 spiro atoms. The largest absolute Gasteiger partial charge is 0.492 e. The van der Waals surface area contributed by atoms with Crippen LogP contribution in [0.25, 0.3) is 0 Å². The van der Waals surface area contributed by atoms with Gasteiger partial charge in [-0.2, -0.15) is 5.26 Å². The van der Waals surface area contributed by atoms with Gasteiger partial charge >= 0.3 is 0 Å². The van der Waals surface area contributed by atoms with Gasteiger partial charge in [0.1, 0.15) is 5.75 Å². The fraction of sp³-hybridized carbons (Fsp3) is 0.500. The second kappa shape index (κ2) is 6.77. The fourth-order valence-corrected chi connectivity index (χ4v) is 2.14. The van der Waals surface area contributed by atoms with E-state index >= 15 is 0 Å². The van der Waals surface area contributed by atoms with Gasteiger partial charge in [-0.1, -0.05) is 12.1 Å². The summed E-state index contributed by atoms with van der Waals surface area (Å²) in [4.78, 5) is 0. The van der Waals surface area contributed by atoms with Crippen LogP contribution >= 0.6 is 15.9 Å². The molecule has 18 heavy (non-hydrogen) atoms. The second-order valence-electron chi connectivity index (χ2n) is 4.88. The van der Waals surface area contributed by atoms with Crippen molar-refractivity contribution in [3.05, 3.63) is 28.2 Å². The van der Waals surface area contributed by atoms with Crippen molar-refractivity contribution in [2.24, 2.45) is 11.1 Å². The lowest BCUT2D eigenvalue weighted by Crippen LogP contribution is -2.11. The number of para-hydroxylation sites is 1. The van der Waals surface area contributed by atoms with Crippen molar-refractivity contribution < 1.29 is 4.74 Å². The molecular formula is C14H19BrN2O. The number of rotatable bonds is 6. The first-order valence-electron chi connectivity index (χ1n) is 6.01. The molecule has 0 bridgehead atoms. The molecule has 0 unspecified atom stereocenters. The summed E-state index contributed by atoms with van der Waals surface area (Å²) in [5.74, 6) is 0.815. The average Bonchev–Trinajstić information content (AvgIpc) is 2.36. The molecule has 4 heteroatoms. The lowest BCUT2D eigenvalue weighted by atomic mass is 9.90. The van der Waals surface area contributed by atoms with Crippen LogP contribution in [0.5, 0.6) is 5.75 Å². The monoisotopic (exact) mass is 310 g/mol. The van der Waals surface area contributed by atoms with E-state index in [9.17, 15) is 0 Å². The number of hydrogen-bond acceptors (Lipinski definition) is 3.